The van der Waals surface area contributed by atoms with Gasteiger partial charge in [-0.1, -0.05) is 50.5 Å². The molecule has 0 atom stereocenters. The first kappa shape index (κ1) is 22.3. The van der Waals surface area contributed by atoms with Gasteiger partial charge in [0.25, 0.3) is 0 Å². The Labute approximate surface area is 194 Å². The van der Waals surface area contributed by atoms with Crippen LogP contribution in [0.4, 0.5) is 15.6 Å². The molecule has 168 valence electrons. The van der Waals surface area contributed by atoms with Gasteiger partial charge in [0.1, 0.15) is 5.75 Å². The largest absolute Gasteiger partial charge is 0.497 e. The summed E-state index contributed by atoms with van der Waals surface area (Å²) in [5, 5.41) is 5.72. The maximum atomic E-state index is 13.0. The number of hydrogen-bond donors (Lipinski definition) is 1. The highest BCUT2D eigenvalue weighted by Gasteiger charge is 2.20. The number of ether oxygens (including phenoxy) is 1. The van der Waals surface area contributed by atoms with Crippen molar-refractivity contribution in [2.24, 2.45) is 0 Å². The Balaban J connectivity index is 1.47. The van der Waals surface area contributed by atoms with Gasteiger partial charge in [0.15, 0.2) is 5.13 Å². The van der Waals surface area contributed by atoms with Crippen molar-refractivity contribution in [3.63, 3.8) is 0 Å². The van der Waals surface area contributed by atoms with E-state index in [1.54, 1.807) is 12.0 Å². The number of amides is 2. The van der Waals surface area contributed by atoms with Crippen LogP contribution in [-0.2, 0) is 0 Å². The lowest BCUT2D eigenvalue weighted by Crippen LogP contribution is -2.35. The van der Waals surface area contributed by atoms with Crippen molar-refractivity contribution in [1.82, 2.24) is 4.98 Å². The minimum absolute atomic E-state index is 0.175. The zero-order valence-corrected chi connectivity index (χ0v) is 19.7. The first-order valence-corrected chi connectivity index (χ1v) is 12.3. The highest BCUT2D eigenvalue weighted by Crippen LogP contribution is 2.34. The molecule has 2 amide bonds. The summed E-state index contributed by atoms with van der Waals surface area (Å²) in [6.45, 7) is 2.67. The minimum atomic E-state index is -0.175. The van der Waals surface area contributed by atoms with Crippen molar-refractivity contribution >= 4 is 28.2 Å². The average molecular weight is 450 g/mol. The summed E-state index contributed by atoms with van der Waals surface area (Å²) in [4.78, 5) is 19.5. The number of rotatable bonds is 7. The van der Waals surface area contributed by atoms with Crippen LogP contribution in [-0.4, -0.2) is 24.7 Å². The molecule has 6 heteroatoms. The molecular formula is C26H31N3O2S. The number of nitrogens with one attached hydrogen (secondary N) is 1. The number of anilines is 2. The third-order valence-corrected chi connectivity index (χ3v) is 6.90. The number of aromatic nitrogens is 1. The summed E-state index contributed by atoms with van der Waals surface area (Å²) in [6.07, 6.45) is 7.50. The third kappa shape index (κ3) is 5.30. The van der Waals surface area contributed by atoms with Crippen LogP contribution in [0, 0.1) is 0 Å². The van der Waals surface area contributed by atoms with Gasteiger partial charge in [-0.2, -0.15) is 0 Å². The van der Waals surface area contributed by atoms with Crippen molar-refractivity contribution < 1.29 is 9.53 Å². The van der Waals surface area contributed by atoms with Gasteiger partial charge in [0.2, 0.25) is 0 Å². The number of carbonyl (C=O) groups excluding carboxylic acids is 1. The van der Waals surface area contributed by atoms with E-state index in [1.165, 1.54) is 49.0 Å². The summed E-state index contributed by atoms with van der Waals surface area (Å²) in [6, 6.07) is 16.0. The van der Waals surface area contributed by atoms with Gasteiger partial charge >= 0.3 is 6.03 Å². The third-order valence-electron chi connectivity index (χ3n) is 6.04. The van der Waals surface area contributed by atoms with E-state index in [4.69, 9.17) is 9.72 Å². The smallest absolute Gasteiger partial charge is 0.328 e. The molecule has 1 aliphatic rings. The van der Waals surface area contributed by atoms with Crippen molar-refractivity contribution in [3.8, 4) is 17.0 Å². The van der Waals surface area contributed by atoms with Gasteiger partial charge in [0.05, 0.1) is 12.8 Å². The van der Waals surface area contributed by atoms with E-state index in [1.807, 2.05) is 29.6 Å². The second-order valence-electron chi connectivity index (χ2n) is 8.28. The van der Waals surface area contributed by atoms with Crippen LogP contribution < -0.4 is 15.0 Å². The maximum absolute atomic E-state index is 13.0. The predicted molar refractivity (Wildman–Crippen MR) is 133 cm³/mol. The molecular weight excluding hydrogens is 418 g/mol. The Morgan fingerprint density at radius 1 is 1.09 bits per heavy atom. The van der Waals surface area contributed by atoms with Crippen LogP contribution in [0.15, 0.2) is 53.9 Å². The number of urea groups is 1. The number of methoxy groups -OCH3 is 1. The van der Waals surface area contributed by atoms with Gasteiger partial charge in [0, 0.05) is 23.2 Å². The quantitative estimate of drug-likeness (QED) is 0.411. The second kappa shape index (κ2) is 10.6. The molecule has 0 radical (unpaired) electrons. The zero-order chi connectivity index (χ0) is 22.3. The first-order chi connectivity index (χ1) is 15.7. The standard InChI is InChI=1S/C26H31N3O2S/c1-3-17-29(25(30)27-22-13-15-23(31-2)16-14-22)26-28-24(18-32-26)21-11-9-20(10-12-21)19-7-5-4-6-8-19/h9-16,18-19H,3-8,17H2,1-2H3,(H,27,30). The monoisotopic (exact) mass is 449 g/mol. The van der Waals surface area contributed by atoms with Crippen molar-refractivity contribution in [1.29, 1.82) is 0 Å². The molecule has 0 spiro atoms. The van der Waals surface area contributed by atoms with Gasteiger partial charge in [-0.15, -0.1) is 11.3 Å². The van der Waals surface area contributed by atoms with Gasteiger partial charge in [-0.3, -0.25) is 4.90 Å². The van der Waals surface area contributed by atoms with Crippen molar-refractivity contribution in [2.75, 3.05) is 23.9 Å². The van der Waals surface area contributed by atoms with Gasteiger partial charge in [-0.25, -0.2) is 9.78 Å². The molecule has 3 aromatic rings. The molecule has 1 aromatic heterocycles. The average Bonchev–Trinajstić information content (AvgIpc) is 3.33. The van der Waals surface area contributed by atoms with E-state index >= 15 is 0 Å². The molecule has 1 saturated carbocycles. The SMILES string of the molecule is CCCN(C(=O)Nc1ccc(OC)cc1)c1nc(-c2ccc(C3CCCCC3)cc2)cs1. The second-order valence-corrected chi connectivity index (χ2v) is 9.12. The Morgan fingerprint density at radius 3 is 2.47 bits per heavy atom. The Morgan fingerprint density at radius 2 is 1.81 bits per heavy atom. The number of thiazole rings is 1. The lowest BCUT2D eigenvalue weighted by molar-refractivity contribution is 0.257. The van der Waals surface area contributed by atoms with E-state index in [0.717, 1.165) is 29.1 Å². The van der Waals surface area contributed by atoms with Crippen molar-refractivity contribution in [3.05, 3.63) is 59.5 Å². The van der Waals surface area contributed by atoms with Crippen molar-refractivity contribution in [2.45, 2.75) is 51.4 Å². The number of carbonyl (C=O) groups is 1. The molecule has 4 rings (SSSR count). The first-order valence-electron chi connectivity index (χ1n) is 11.5. The molecule has 1 fully saturated rings. The molecule has 2 aromatic carbocycles. The Bertz CT molecular complexity index is 1010. The van der Waals surface area contributed by atoms with Crippen LogP contribution in [0.5, 0.6) is 5.75 Å². The Kier molecular flexibility index (Phi) is 7.43. The van der Waals surface area contributed by atoms with Crippen LogP contribution >= 0.6 is 11.3 Å². The highest BCUT2D eigenvalue weighted by molar-refractivity contribution is 7.14. The zero-order valence-electron chi connectivity index (χ0n) is 18.8. The molecule has 5 nitrogen and oxygen atoms in total. The fraction of sp³-hybridized carbons (Fsp3) is 0.385. The van der Waals surface area contributed by atoms with Gasteiger partial charge in [-0.05, 0) is 55.0 Å². The molecule has 0 aliphatic heterocycles. The molecule has 1 aliphatic carbocycles. The van der Waals surface area contributed by atoms with E-state index < -0.39 is 0 Å². The fourth-order valence-electron chi connectivity index (χ4n) is 4.26. The van der Waals surface area contributed by atoms with E-state index in [-0.39, 0.29) is 6.03 Å². The highest BCUT2D eigenvalue weighted by atomic mass is 32.1. The molecule has 0 saturated heterocycles. The lowest BCUT2D eigenvalue weighted by Gasteiger charge is -2.22. The Hall–Kier alpha value is -2.86. The summed E-state index contributed by atoms with van der Waals surface area (Å²) < 4.78 is 5.18. The number of nitrogens with zero attached hydrogens (tertiary/aromatic N) is 2. The summed E-state index contributed by atoms with van der Waals surface area (Å²) in [5.41, 5.74) is 4.18. The molecule has 0 bridgehead atoms. The molecule has 1 N–H and O–H groups in total. The summed E-state index contributed by atoms with van der Waals surface area (Å²) in [7, 11) is 1.63. The number of benzene rings is 2. The van der Waals surface area contributed by atoms with E-state index in [2.05, 4.69) is 36.5 Å². The number of hydrogen-bond acceptors (Lipinski definition) is 4. The van der Waals surface area contributed by atoms with Crippen LogP contribution in [0.2, 0.25) is 0 Å². The normalized spacial score (nSPS) is 14.2. The predicted octanol–water partition coefficient (Wildman–Crippen LogP) is 7.31. The molecule has 1 heterocycles. The molecule has 32 heavy (non-hydrogen) atoms. The fourth-order valence-corrected chi connectivity index (χ4v) is 5.11. The van der Waals surface area contributed by atoms with E-state index in [0.29, 0.717) is 17.6 Å². The van der Waals surface area contributed by atoms with Crippen LogP contribution in [0.25, 0.3) is 11.3 Å². The maximum Gasteiger partial charge on any atom is 0.328 e. The lowest BCUT2D eigenvalue weighted by atomic mass is 9.84. The summed E-state index contributed by atoms with van der Waals surface area (Å²) in [5.74, 6) is 1.46. The van der Waals surface area contributed by atoms with Crippen LogP contribution in [0.1, 0.15) is 56.9 Å². The van der Waals surface area contributed by atoms with Crippen LogP contribution in [0.3, 0.4) is 0 Å². The summed E-state index contributed by atoms with van der Waals surface area (Å²) >= 11 is 1.50. The van der Waals surface area contributed by atoms with Gasteiger partial charge < -0.3 is 10.1 Å². The molecule has 0 unspecified atom stereocenters. The van der Waals surface area contributed by atoms with E-state index in [9.17, 15) is 4.79 Å². The minimum Gasteiger partial charge on any atom is -0.497 e. The topological polar surface area (TPSA) is 54.5 Å².